The molecule has 62 heavy (non-hydrogen) atoms. The fourth-order valence-electron chi connectivity index (χ4n) is 4.66. The number of anilines is 8. The van der Waals surface area contributed by atoms with Crippen molar-refractivity contribution in [3.8, 4) is 0 Å². The maximum Gasteiger partial charge on any atom is 0.295 e. The number of nitrogens with zero attached hydrogens (tertiary/aromatic N) is 6. The van der Waals surface area contributed by atoms with E-state index in [9.17, 15) is 44.6 Å². The lowest BCUT2D eigenvalue weighted by atomic mass is 10.1. The first-order valence-corrected chi connectivity index (χ1v) is 22.7. The topological polar surface area (TPSA) is 432 Å². The fraction of sp³-hybridized carbons (Fsp3) is 0.333. The van der Waals surface area contributed by atoms with E-state index in [-0.39, 0.29) is 90.1 Å². The van der Waals surface area contributed by atoms with Crippen molar-refractivity contribution in [1.82, 2.24) is 29.9 Å². The Kier molecular flexibility index (Phi) is 18.2. The third-order valence-electron chi connectivity index (χ3n) is 7.41. The van der Waals surface area contributed by atoms with Gasteiger partial charge in [0.15, 0.2) is 0 Å². The third-order valence-corrected chi connectivity index (χ3v) is 10.5. The van der Waals surface area contributed by atoms with Crippen molar-refractivity contribution in [2.24, 2.45) is 0 Å². The standard InChI is InChI=1S/C30H40N12O16S4/c43-15-21(45)13-33-27-37-25(31-7-9-59-58-57-47)39-29(41-27)35-19-5-3-17(23(11-19)61(51,52)53)1-2-18-4-6-20(12-24(18)62(54,55)56)36-30-40-26(32-8-10-60(48,49)50)38-28(42-30)34-14-22(46)16-44/h1-6,11-12,21-22,43-47H,7-10,13-16H2,(H,48,49,50)(H,51,52,53)(H,54,55,56)(H3,31,33,35,37,39,41)(H3,32,34,36,38,40,42). The Labute approximate surface area is 356 Å². The summed E-state index contributed by atoms with van der Waals surface area (Å²) >= 11 is 0.747. The van der Waals surface area contributed by atoms with E-state index in [1.54, 1.807) is 0 Å². The average Bonchev–Trinajstić information content (AvgIpc) is 3.20. The molecule has 0 saturated heterocycles. The zero-order chi connectivity index (χ0) is 45.5. The Morgan fingerprint density at radius 2 is 1.02 bits per heavy atom. The molecule has 2 unspecified atom stereocenters. The van der Waals surface area contributed by atoms with Gasteiger partial charge in [0.1, 0.15) is 9.79 Å². The van der Waals surface area contributed by atoms with Crippen molar-refractivity contribution in [1.29, 1.82) is 0 Å². The minimum Gasteiger partial charge on any atom is -0.394 e. The van der Waals surface area contributed by atoms with E-state index >= 15 is 0 Å². The fourth-order valence-corrected chi connectivity index (χ4v) is 6.74. The van der Waals surface area contributed by atoms with Crippen LogP contribution >= 0.6 is 12.0 Å². The molecule has 340 valence electrons. The lowest BCUT2D eigenvalue weighted by Gasteiger charge is -2.14. The van der Waals surface area contributed by atoms with Gasteiger partial charge in [0.05, 0.1) is 31.2 Å². The largest absolute Gasteiger partial charge is 0.394 e. The molecule has 0 bridgehead atoms. The lowest BCUT2D eigenvalue weighted by molar-refractivity contribution is -0.432. The predicted octanol–water partition coefficient (Wildman–Crippen LogP) is -0.481. The lowest BCUT2D eigenvalue weighted by Crippen LogP contribution is -2.24. The minimum atomic E-state index is -4.98. The Morgan fingerprint density at radius 1 is 0.613 bits per heavy atom. The molecule has 0 aliphatic heterocycles. The van der Waals surface area contributed by atoms with Crippen molar-refractivity contribution < 1.29 is 74.0 Å². The van der Waals surface area contributed by atoms with Crippen molar-refractivity contribution in [2.45, 2.75) is 22.0 Å². The van der Waals surface area contributed by atoms with Gasteiger partial charge >= 0.3 is 0 Å². The molecule has 0 aliphatic carbocycles. The highest BCUT2D eigenvalue weighted by Crippen LogP contribution is 2.28. The predicted molar refractivity (Wildman–Crippen MR) is 221 cm³/mol. The molecule has 0 amide bonds. The van der Waals surface area contributed by atoms with E-state index in [4.69, 9.17) is 20.0 Å². The smallest absolute Gasteiger partial charge is 0.295 e. The molecule has 28 nitrogen and oxygen atoms in total. The maximum absolute atomic E-state index is 12.6. The van der Waals surface area contributed by atoms with Crippen LogP contribution in [0.3, 0.4) is 0 Å². The van der Waals surface area contributed by atoms with Gasteiger partial charge in [-0.1, -0.05) is 29.3 Å². The zero-order valence-corrected chi connectivity index (χ0v) is 34.9. The maximum atomic E-state index is 12.6. The number of aliphatic hydroxyl groups is 4. The van der Waals surface area contributed by atoms with E-state index in [1.165, 1.54) is 24.3 Å². The molecule has 14 N–H and O–H groups in total. The number of nitrogens with one attached hydrogen (secondary N) is 6. The molecule has 32 heteroatoms. The second-order valence-corrected chi connectivity index (χ2v) is 17.3. The molecule has 0 saturated carbocycles. The van der Waals surface area contributed by atoms with Crippen LogP contribution in [-0.4, -0.2) is 158 Å². The summed E-state index contributed by atoms with van der Waals surface area (Å²) < 4.78 is 106. The van der Waals surface area contributed by atoms with Gasteiger partial charge < -0.3 is 52.3 Å². The van der Waals surface area contributed by atoms with E-state index < -0.39 is 71.3 Å². The number of hydrogen-bond donors (Lipinski definition) is 14. The van der Waals surface area contributed by atoms with Gasteiger partial charge in [-0.3, -0.25) is 13.7 Å². The van der Waals surface area contributed by atoms with Gasteiger partial charge in [-0.2, -0.15) is 55.2 Å². The highest BCUT2D eigenvalue weighted by Gasteiger charge is 2.19. The van der Waals surface area contributed by atoms with Gasteiger partial charge in [0, 0.05) is 55.3 Å². The number of benzene rings is 2. The summed E-state index contributed by atoms with van der Waals surface area (Å²) in [5.41, 5.74) is -0.291. The van der Waals surface area contributed by atoms with Crippen molar-refractivity contribution in [3.63, 3.8) is 0 Å². The molecule has 0 spiro atoms. The summed E-state index contributed by atoms with van der Waals surface area (Å²) in [6.07, 6.45) is -0.110. The molecule has 0 radical (unpaired) electrons. The summed E-state index contributed by atoms with van der Waals surface area (Å²) in [4.78, 5) is 23.3. The highest BCUT2D eigenvalue weighted by atomic mass is 32.2. The molecule has 2 aromatic carbocycles. The van der Waals surface area contributed by atoms with Crippen LogP contribution < -0.4 is 31.9 Å². The van der Waals surface area contributed by atoms with Crippen LogP contribution in [0.15, 0.2) is 46.2 Å². The van der Waals surface area contributed by atoms with Gasteiger partial charge in [-0.15, -0.1) is 4.33 Å². The highest BCUT2D eigenvalue weighted by molar-refractivity contribution is 7.94. The molecule has 2 atom stereocenters. The van der Waals surface area contributed by atoms with Crippen LogP contribution in [0.25, 0.3) is 12.2 Å². The van der Waals surface area contributed by atoms with Crippen LogP contribution in [0.2, 0.25) is 0 Å². The van der Waals surface area contributed by atoms with Crippen LogP contribution in [0.4, 0.5) is 47.1 Å². The van der Waals surface area contributed by atoms with E-state index in [0.29, 0.717) is 0 Å². The Hall–Kier alpha value is -5.20. The molecule has 4 aromatic rings. The number of rotatable bonds is 26. The summed E-state index contributed by atoms with van der Waals surface area (Å²) in [5, 5.41) is 65.7. The van der Waals surface area contributed by atoms with Gasteiger partial charge in [0.2, 0.25) is 35.7 Å². The first-order valence-electron chi connectivity index (χ1n) is 17.3. The van der Waals surface area contributed by atoms with E-state index in [0.717, 1.165) is 36.3 Å². The van der Waals surface area contributed by atoms with E-state index in [2.05, 4.69) is 71.2 Å². The monoisotopic (exact) mass is 952 g/mol. The van der Waals surface area contributed by atoms with Crippen LogP contribution in [0.1, 0.15) is 11.1 Å². The van der Waals surface area contributed by atoms with Crippen molar-refractivity contribution in [2.75, 3.05) is 82.8 Å². The molecule has 0 aliphatic rings. The second-order valence-electron chi connectivity index (χ2n) is 12.2. The van der Waals surface area contributed by atoms with Gasteiger partial charge in [0.25, 0.3) is 30.4 Å². The normalized spacial score (nSPS) is 13.1. The van der Waals surface area contributed by atoms with E-state index in [1.807, 2.05) is 0 Å². The number of hydrogen-bond acceptors (Lipinski definition) is 26. The molecular weight excluding hydrogens is 913 g/mol. The molecule has 2 heterocycles. The first-order chi connectivity index (χ1) is 29.3. The number of aliphatic hydroxyl groups excluding tert-OH is 4. The zero-order valence-electron chi connectivity index (χ0n) is 31.6. The third kappa shape index (κ3) is 16.6. The Morgan fingerprint density at radius 3 is 1.40 bits per heavy atom. The van der Waals surface area contributed by atoms with Crippen LogP contribution in [0, 0.1) is 0 Å². The Bertz CT molecular complexity index is 2510. The Balaban J connectivity index is 1.62. The van der Waals surface area contributed by atoms with Crippen molar-refractivity contribution in [3.05, 3.63) is 47.5 Å². The van der Waals surface area contributed by atoms with Crippen LogP contribution in [0.5, 0.6) is 0 Å². The SMILES string of the molecule is O=S(=O)(O)CCNc1nc(NCC(O)CO)nc(Nc2ccc(C=Cc3ccc(Nc4nc(NCCSOOO)nc(NCC(O)CO)n4)cc3S(=O)(=O)O)c(S(=O)(=O)O)c2)n1. The quantitative estimate of drug-likeness (QED) is 0.00943. The van der Waals surface area contributed by atoms with Gasteiger partial charge in [-0.05, 0) is 35.4 Å². The summed E-state index contributed by atoms with van der Waals surface area (Å²) in [6, 6.07) is 7.15. The molecule has 0 fully saturated rings. The molecule has 4 rings (SSSR count). The van der Waals surface area contributed by atoms with Crippen molar-refractivity contribution >= 4 is 102 Å². The number of aromatic nitrogens is 6. The van der Waals surface area contributed by atoms with Gasteiger partial charge in [-0.25, -0.2) is 5.26 Å². The summed E-state index contributed by atoms with van der Waals surface area (Å²) in [7, 11) is -14.3. The molecular formula is C30H40N12O16S4. The molecule has 2 aromatic heterocycles. The second kappa shape index (κ2) is 22.8. The first kappa shape index (κ1) is 49.5. The summed E-state index contributed by atoms with van der Waals surface area (Å²) in [5.74, 6) is -1.39. The summed E-state index contributed by atoms with van der Waals surface area (Å²) in [6.45, 7) is -1.72. The average molecular weight is 953 g/mol. The van der Waals surface area contributed by atoms with Crippen LogP contribution in [-0.2, 0) is 39.7 Å². The minimum absolute atomic E-state index is 0.0139.